The standard InChI is InChI=1S/C27H30BrN3O6S/c28-19-8-9-23(36-14-10-18-5-2-1-3-6-18)21(15-19)25(33)30-27(38)31-12-11-29-26(34)22(31)16-24(32)37-17-20-7-4-13-35-20/h1-3,5-6,8-9,15,20,22H,4,7,10-14,16-17H2,(H,29,34)(H,30,33,38). The molecule has 2 aliphatic heterocycles. The molecule has 0 bridgehead atoms. The summed E-state index contributed by atoms with van der Waals surface area (Å²) in [5.74, 6) is -0.941. The van der Waals surface area contributed by atoms with Gasteiger partial charge in [-0.1, -0.05) is 46.3 Å². The minimum atomic E-state index is -0.891. The molecule has 2 aromatic carbocycles. The fraction of sp³-hybridized carbons (Fsp3) is 0.407. The Labute approximate surface area is 235 Å². The molecule has 0 saturated carbocycles. The monoisotopic (exact) mass is 603 g/mol. The molecular weight excluding hydrogens is 574 g/mol. The Morgan fingerprint density at radius 2 is 2.03 bits per heavy atom. The summed E-state index contributed by atoms with van der Waals surface area (Å²) in [5, 5.41) is 5.51. The number of rotatable bonds is 9. The fourth-order valence-electron chi connectivity index (χ4n) is 4.30. The molecule has 2 aliphatic rings. The Kier molecular flexibility index (Phi) is 10.1. The zero-order valence-electron chi connectivity index (χ0n) is 20.8. The molecule has 202 valence electrons. The average molecular weight is 605 g/mol. The summed E-state index contributed by atoms with van der Waals surface area (Å²) in [6, 6.07) is 14.2. The van der Waals surface area contributed by atoms with Crippen LogP contribution in [0.5, 0.6) is 5.75 Å². The molecule has 2 unspecified atom stereocenters. The van der Waals surface area contributed by atoms with Crippen LogP contribution < -0.4 is 15.4 Å². The number of ether oxygens (including phenoxy) is 3. The van der Waals surface area contributed by atoms with E-state index in [1.165, 1.54) is 0 Å². The lowest BCUT2D eigenvalue weighted by molar-refractivity contribution is -0.150. The average Bonchev–Trinajstić information content (AvgIpc) is 3.44. The molecule has 11 heteroatoms. The van der Waals surface area contributed by atoms with Gasteiger partial charge in [0.1, 0.15) is 18.4 Å². The van der Waals surface area contributed by atoms with Crippen molar-refractivity contribution in [3.8, 4) is 5.75 Å². The number of nitrogens with one attached hydrogen (secondary N) is 2. The van der Waals surface area contributed by atoms with E-state index >= 15 is 0 Å². The Bertz CT molecular complexity index is 1160. The maximum absolute atomic E-state index is 13.2. The van der Waals surface area contributed by atoms with Gasteiger partial charge in [0.05, 0.1) is 24.7 Å². The number of nitrogens with zero attached hydrogens (tertiary/aromatic N) is 1. The van der Waals surface area contributed by atoms with Gasteiger partial charge in [-0.25, -0.2) is 0 Å². The summed E-state index contributed by atoms with van der Waals surface area (Å²) >= 11 is 8.91. The van der Waals surface area contributed by atoms with Crippen LogP contribution in [0.3, 0.4) is 0 Å². The number of benzene rings is 2. The van der Waals surface area contributed by atoms with Gasteiger partial charge >= 0.3 is 5.97 Å². The molecule has 0 aliphatic carbocycles. The van der Waals surface area contributed by atoms with Gasteiger partial charge in [-0.3, -0.25) is 19.7 Å². The number of hydrogen-bond donors (Lipinski definition) is 2. The van der Waals surface area contributed by atoms with Crippen molar-refractivity contribution in [2.45, 2.75) is 37.8 Å². The van der Waals surface area contributed by atoms with Crippen molar-refractivity contribution in [3.63, 3.8) is 0 Å². The molecule has 2 atom stereocenters. The summed E-state index contributed by atoms with van der Waals surface area (Å²) < 4.78 is 17.4. The number of carbonyl (C=O) groups excluding carboxylic acids is 3. The van der Waals surface area contributed by atoms with E-state index in [2.05, 4.69) is 26.6 Å². The molecule has 2 N–H and O–H groups in total. The topological polar surface area (TPSA) is 106 Å². The van der Waals surface area contributed by atoms with E-state index in [1.54, 1.807) is 23.1 Å². The van der Waals surface area contributed by atoms with Crippen LogP contribution in [0.25, 0.3) is 0 Å². The van der Waals surface area contributed by atoms with Gasteiger partial charge in [0.25, 0.3) is 5.91 Å². The number of amides is 2. The van der Waals surface area contributed by atoms with Crippen molar-refractivity contribution in [1.29, 1.82) is 0 Å². The zero-order valence-corrected chi connectivity index (χ0v) is 23.2. The van der Waals surface area contributed by atoms with Gasteiger partial charge in [0.2, 0.25) is 5.91 Å². The van der Waals surface area contributed by atoms with Crippen LogP contribution in [0.2, 0.25) is 0 Å². The van der Waals surface area contributed by atoms with Gasteiger partial charge < -0.3 is 24.4 Å². The predicted molar refractivity (Wildman–Crippen MR) is 148 cm³/mol. The normalized spacial score (nSPS) is 19.0. The van der Waals surface area contributed by atoms with Crippen LogP contribution in [0.4, 0.5) is 0 Å². The summed E-state index contributed by atoms with van der Waals surface area (Å²) in [6.07, 6.45) is 2.16. The maximum Gasteiger partial charge on any atom is 0.308 e. The van der Waals surface area contributed by atoms with Crippen LogP contribution >= 0.6 is 28.1 Å². The third-order valence-corrected chi connectivity index (χ3v) is 7.13. The first kappa shape index (κ1) is 28.0. The molecule has 2 heterocycles. The van der Waals surface area contributed by atoms with E-state index in [9.17, 15) is 14.4 Å². The summed E-state index contributed by atoms with van der Waals surface area (Å²) in [5.41, 5.74) is 1.42. The van der Waals surface area contributed by atoms with Gasteiger partial charge in [0.15, 0.2) is 5.11 Å². The lowest BCUT2D eigenvalue weighted by Crippen LogP contribution is -2.60. The van der Waals surface area contributed by atoms with E-state index in [0.717, 1.165) is 18.4 Å². The number of carbonyl (C=O) groups is 3. The van der Waals surface area contributed by atoms with Crippen LogP contribution in [0.15, 0.2) is 53.0 Å². The highest BCUT2D eigenvalue weighted by atomic mass is 79.9. The Hall–Kier alpha value is -3.02. The molecule has 0 aromatic heterocycles. The van der Waals surface area contributed by atoms with Crippen LogP contribution in [-0.2, 0) is 25.5 Å². The first-order valence-electron chi connectivity index (χ1n) is 12.5. The highest BCUT2D eigenvalue weighted by molar-refractivity contribution is 9.10. The molecule has 4 rings (SSSR count). The number of hydrogen-bond acceptors (Lipinski definition) is 7. The summed E-state index contributed by atoms with van der Waals surface area (Å²) in [6.45, 7) is 1.88. The van der Waals surface area contributed by atoms with Crippen molar-refractivity contribution in [2.75, 3.05) is 32.9 Å². The number of esters is 1. The molecule has 2 amide bonds. The van der Waals surface area contributed by atoms with Crippen LogP contribution in [0.1, 0.15) is 35.2 Å². The second-order valence-electron chi connectivity index (χ2n) is 9.01. The Morgan fingerprint density at radius 3 is 2.79 bits per heavy atom. The van der Waals surface area contributed by atoms with Crippen molar-refractivity contribution in [1.82, 2.24) is 15.5 Å². The second kappa shape index (κ2) is 13.7. The van der Waals surface area contributed by atoms with Crippen molar-refractivity contribution < 1.29 is 28.6 Å². The Morgan fingerprint density at radius 1 is 1.21 bits per heavy atom. The molecule has 0 spiro atoms. The quantitative estimate of drug-likeness (QED) is 0.333. The molecule has 0 radical (unpaired) electrons. The van der Waals surface area contributed by atoms with E-state index in [-0.39, 0.29) is 30.2 Å². The minimum absolute atomic E-state index is 0.0528. The van der Waals surface area contributed by atoms with Gasteiger partial charge in [0, 0.05) is 30.6 Å². The van der Waals surface area contributed by atoms with Crippen LogP contribution in [0, 0.1) is 0 Å². The van der Waals surface area contributed by atoms with Gasteiger partial charge in [-0.15, -0.1) is 0 Å². The lowest BCUT2D eigenvalue weighted by atomic mass is 10.1. The Balaban J connectivity index is 1.37. The minimum Gasteiger partial charge on any atom is -0.492 e. The zero-order chi connectivity index (χ0) is 26.9. The molecule has 2 aromatic rings. The summed E-state index contributed by atoms with van der Waals surface area (Å²) in [7, 11) is 0. The fourth-order valence-corrected chi connectivity index (χ4v) is 4.98. The number of halogens is 1. The van der Waals surface area contributed by atoms with E-state index < -0.39 is 17.9 Å². The largest absolute Gasteiger partial charge is 0.492 e. The van der Waals surface area contributed by atoms with Gasteiger partial charge in [-0.2, -0.15) is 0 Å². The smallest absolute Gasteiger partial charge is 0.308 e. The lowest BCUT2D eigenvalue weighted by Gasteiger charge is -2.36. The molecule has 38 heavy (non-hydrogen) atoms. The van der Waals surface area contributed by atoms with Crippen molar-refractivity contribution in [3.05, 3.63) is 64.1 Å². The van der Waals surface area contributed by atoms with Gasteiger partial charge in [-0.05, 0) is 48.8 Å². The van der Waals surface area contributed by atoms with Crippen molar-refractivity contribution >= 4 is 51.0 Å². The molecule has 2 saturated heterocycles. The van der Waals surface area contributed by atoms with Crippen molar-refractivity contribution in [2.24, 2.45) is 0 Å². The summed E-state index contributed by atoms with van der Waals surface area (Å²) in [4.78, 5) is 39.9. The van der Waals surface area contributed by atoms with E-state index in [1.807, 2.05) is 30.3 Å². The highest BCUT2D eigenvalue weighted by Crippen LogP contribution is 2.24. The third kappa shape index (κ3) is 7.75. The van der Waals surface area contributed by atoms with E-state index in [0.29, 0.717) is 48.5 Å². The predicted octanol–water partition coefficient (Wildman–Crippen LogP) is 3.00. The third-order valence-electron chi connectivity index (χ3n) is 6.30. The second-order valence-corrected chi connectivity index (χ2v) is 10.3. The first-order chi connectivity index (χ1) is 18.4. The molecule has 2 fully saturated rings. The highest BCUT2D eigenvalue weighted by Gasteiger charge is 2.34. The maximum atomic E-state index is 13.2. The van der Waals surface area contributed by atoms with E-state index in [4.69, 9.17) is 26.4 Å². The molecule has 9 nitrogen and oxygen atoms in total. The number of piperazine rings is 1. The molecular formula is C27H30BrN3O6S. The first-order valence-corrected chi connectivity index (χ1v) is 13.7. The number of thiocarbonyl (C=S) groups is 1. The SMILES string of the molecule is O=C(CC1C(=O)NCCN1C(=S)NC(=O)c1cc(Br)ccc1OCCc1ccccc1)OCC1CCCO1. The van der Waals surface area contributed by atoms with Crippen LogP contribution in [-0.4, -0.2) is 72.9 Å².